The predicted molar refractivity (Wildman–Crippen MR) is 94.7 cm³/mol. The van der Waals surface area contributed by atoms with Crippen molar-refractivity contribution in [2.45, 2.75) is 18.8 Å². The summed E-state index contributed by atoms with van der Waals surface area (Å²) in [5.74, 6) is 1.08. The molecule has 1 aromatic heterocycles. The molecule has 1 atom stereocenters. The van der Waals surface area contributed by atoms with Gasteiger partial charge in [-0.05, 0) is 29.8 Å². The number of amides is 1. The number of anilines is 1. The molecule has 3 aromatic rings. The summed E-state index contributed by atoms with van der Waals surface area (Å²) in [6, 6.07) is 17.2. The molecule has 0 spiro atoms. The zero-order valence-electron chi connectivity index (χ0n) is 13.4. The minimum Gasteiger partial charge on any atom is -0.425 e. The first-order valence-corrected chi connectivity index (χ1v) is 8.49. The van der Waals surface area contributed by atoms with Gasteiger partial charge in [-0.15, -0.1) is 10.2 Å². The van der Waals surface area contributed by atoms with Crippen LogP contribution in [-0.4, -0.2) is 22.6 Å². The number of halogens is 1. The lowest BCUT2D eigenvalue weighted by molar-refractivity contribution is -0.117. The van der Waals surface area contributed by atoms with Gasteiger partial charge in [0.2, 0.25) is 17.7 Å². The van der Waals surface area contributed by atoms with Crippen molar-refractivity contribution in [2.24, 2.45) is 0 Å². The maximum Gasteiger partial charge on any atom is 0.227 e. The fourth-order valence-corrected chi connectivity index (χ4v) is 3.14. The Morgan fingerprint density at radius 2 is 1.84 bits per heavy atom. The monoisotopic (exact) mass is 353 g/mol. The second-order valence-electron chi connectivity index (χ2n) is 6.08. The molecule has 0 bridgehead atoms. The number of carbonyl (C=O) groups excluding carboxylic acids is 1. The second-order valence-corrected chi connectivity index (χ2v) is 6.51. The molecule has 1 saturated heterocycles. The summed E-state index contributed by atoms with van der Waals surface area (Å²) >= 11 is 5.89. The Morgan fingerprint density at radius 3 is 2.60 bits per heavy atom. The van der Waals surface area contributed by atoms with E-state index in [4.69, 9.17) is 16.0 Å². The molecule has 6 heteroatoms. The predicted octanol–water partition coefficient (Wildman–Crippen LogP) is 3.83. The van der Waals surface area contributed by atoms with Crippen LogP contribution in [0, 0.1) is 0 Å². The van der Waals surface area contributed by atoms with Crippen molar-refractivity contribution < 1.29 is 9.21 Å². The highest BCUT2D eigenvalue weighted by Gasteiger charge is 2.34. The van der Waals surface area contributed by atoms with Crippen LogP contribution in [0.1, 0.15) is 29.7 Å². The lowest BCUT2D eigenvalue weighted by Crippen LogP contribution is -2.24. The highest BCUT2D eigenvalue weighted by Crippen LogP contribution is 2.31. The minimum absolute atomic E-state index is 0.0702. The van der Waals surface area contributed by atoms with Crippen LogP contribution in [0.25, 0.3) is 0 Å². The summed E-state index contributed by atoms with van der Waals surface area (Å²) in [5.41, 5.74) is 1.95. The van der Waals surface area contributed by atoms with Gasteiger partial charge < -0.3 is 9.32 Å². The van der Waals surface area contributed by atoms with Crippen molar-refractivity contribution in [1.82, 2.24) is 10.2 Å². The normalized spacial score (nSPS) is 17.2. The van der Waals surface area contributed by atoms with Crippen LogP contribution in [0.4, 0.5) is 5.69 Å². The molecular formula is C19H16ClN3O2. The van der Waals surface area contributed by atoms with E-state index in [2.05, 4.69) is 10.2 Å². The van der Waals surface area contributed by atoms with Gasteiger partial charge in [-0.25, -0.2) is 0 Å². The van der Waals surface area contributed by atoms with E-state index >= 15 is 0 Å². The minimum atomic E-state index is -0.0702. The fraction of sp³-hybridized carbons (Fsp3) is 0.211. The van der Waals surface area contributed by atoms with Crippen LogP contribution in [0.15, 0.2) is 59.0 Å². The van der Waals surface area contributed by atoms with Crippen LogP contribution in [0.2, 0.25) is 5.02 Å². The summed E-state index contributed by atoms with van der Waals surface area (Å²) in [6.45, 7) is 0.561. The summed E-state index contributed by atoms with van der Waals surface area (Å²) in [5, 5.41) is 8.97. The fourth-order valence-electron chi connectivity index (χ4n) is 3.01. The third-order valence-corrected chi connectivity index (χ3v) is 4.55. The molecule has 1 amide bonds. The molecule has 0 radical (unpaired) electrons. The third-order valence-electron chi connectivity index (χ3n) is 4.29. The van der Waals surface area contributed by atoms with Crippen molar-refractivity contribution in [1.29, 1.82) is 0 Å². The molecule has 0 saturated carbocycles. The molecule has 0 aliphatic carbocycles. The van der Waals surface area contributed by atoms with Gasteiger partial charge in [-0.3, -0.25) is 4.79 Å². The molecule has 1 fully saturated rings. The van der Waals surface area contributed by atoms with E-state index < -0.39 is 0 Å². The number of para-hydroxylation sites is 1. The van der Waals surface area contributed by atoms with E-state index in [-0.39, 0.29) is 11.8 Å². The van der Waals surface area contributed by atoms with E-state index in [0.29, 0.717) is 36.2 Å². The van der Waals surface area contributed by atoms with Gasteiger partial charge >= 0.3 is 0 Å². The average molecular weight is 354 g/mol. The maximum atomic E-state index is 12.3. The molecule has 126 valence electrons. The van der Waals surface area contributed by atoms with Crippen molar-refractivity contribution in [3.8, 4) is 0 Å². The summed E-state index contributed by atoms with van der Waals surface area (Å²) < 4.78 is 5.80. The first-order valence-electron chi connectivity index (χ1n) is 8.11. The Labute approximate surface area is 150 Å². The average Bonchev–Trinajstić information content (AvgIpc) is 3.24. The van der Waals surface area contributed by atoms with Crippen molar-refractivity contribution in [3.05, 3.63) is 77.0 Å². The Morgan fingerprint density at radius 1 is 1.08 bits per heavy atom. The Bertz CT molecular complexity index is 877. The smallest absolute Gasteiger partial charge is 0.227 e. The Hall–Kier alpha value is -2.66. The second kappa shape index (κ2) is 6.69. The van der Waals surface area contributed by atoms with Gasteiger partial charge in [-0.1, -0.05) is 41.9 Å². The molecule has 25 heavy (non-hydrogen) atoms. The summed E-state index contributed by atoms with van der Waals surface area (Å²) in [4.78, 5) is 14.1. The van der Waals surface area contributed by atoms with E-state index in [1.54, 1.807) is 4.90 Å². The number of hydrogen-bond acceptors (Lipinski definition) is 4. The van der Waals surface area contributed by atoms with Crippen LogP contribution in [0.5, 0.6) is 0 Å². The summed E-state index contributed by atoms with van der Waals surface area (Å²) in [7, 11) is 0. The highest BCUT2D eigenvalue weighted by atomic mass is 35.5. The van der Waals surface area contributed by atoms with Gasteiger partial charge in [0.15, 0.2) is 0 Å². The zero-order chi connectivity index (χ0) is 17.2. The Kier molecular flexibility index (Phi) is 4.24. The summed E-state index contributed by atoms with van der Waals surface area (Å²) in [6.07, 6.45) is 0.935. The number of nitrogens with zero attached hydrogens (tertiary/aromatic N) is 3. The first kappa shape index (κ1) is 15.8. The van der Waals surface area contributed by atoms with E-state index in [9.17, 15) is 4.79 Å². The lowest BCUT2D eigenvalue weighted by atomic mass is 10.1. The topological polar surface area (TPSA) is 59.2 Å². The standard InChI is InChI=1S/C19H16ClN3O2/c20-15-8-6-13(7-9-15)10-17-21-22-19(25-17)14-11-18(24)23(12-14)16-4-2-1-3-5-16/h1-9,14H,10-12H2/t14-/m1/s1. The molecule has 0 N–H and O–H groups in total. The molecule has 2 heterocycles. The molecule has 5 nitrogen and oxygen atoms in total. The number of hydrogen-bond donors (Lipinski definition) is 0. The molecular weight excluding hydrogens is 338 g/mol. The third kappa shape index (κ3) is 3.42. The van der Waals surface area contributed by atoms with Gasteiger partial charge in [0, 0.05) is 23.7 Å². The van der Waals surface area contributed by atoms with Crippen molar-refractivity contribution >= 4 is 23.2 Å². The molecule has 0 unspecified atom stereocenters. The van der Waals surface area contributed by atoms with E-state index in [1.807, 2.05) is 54.6 Å². The van der Waals surface area contributed by atoms with Crippen LogP contribution < -0.4 is 4.90 Å². The SMILES string of the molecule is O=C1C[C@@H](c2nnc(Cc3ccc(Cl)cc3)o2)CN1c1ccccc1. The highest BCUT2D eigenvalue weighted by molar-refractivity contribution is 6.30. The molecule has 4 rings (SSSR count). The maximum absolute atomic E-state index is 12.3. The van der Waals surface area contributed by atoms with E-state index in [0.717, 1.165) is 11.3 Å². The molecule has 1 aliphatic rings. The van der Waals surface area contributed by atoms with Crippen LogP contribution >= 0.6 is 11.6 Å². The first-order chi connectivity index (χ1) is 12.2. The van der Waals surface area contributed by atoms with Gasteiger partial charge in [-0.2, -0.15) is 0 Å². The number of rotatable bonds is 4. The lowest BCUT2D eigenvalue weighted by Gasteiger charge is -2.15. The van der Waals surface area contributed by atoms with E-state index in [1.165, 1.54) is 0 Å². The largest absolute Gasteiger partial charge is 0.425 e. The number of benzene rings is 2. The Balaban J connectivity index is 1.47. The van der Waals surface area contributed by atoms with Crippen LogP contribution in [-0.2, 0) is 11.2 Å². The quantitative estimate of drug-likeness (QED) is 0.715. The van der Waals surface area contributed by atoms with Gasteiger partial charge in [0.25, 0.3) is 0 Å². The molecule has 1 aliphatic heterocycles. The van der Waals surface area contributed by atoms with Crippen LogP contribution in [0.3, 0.4) is 0 Å². The van der Waals surface area contributed by atoms with Crippen molar-refractivity contribution in [3.63, 3.8) is 0 Å². The molecule has 2 aromatic carbocycles. The number of aromatic nitrogens is 2. The number of carbonyl (C=O) groups is 1. The van der Waals surface area contributed by atoms with Crippen molar-refractivity contribution in [2.75, 3.05) is 11.4 Å². The zero-order valence-corrected chi connectivity index (χ0v) is 14.2. The van der Waals surface area contributed by atoms with Gasteiger partial charge in [0.05, 0.1) is 12.3 Å². The van der Waals surface area contributed by atoms with Gasteiger partial charge in [0.1, 0.15) is 0 Å².